The molecule has 0 fully saturated rings. The van der Waals surface area contributed by atoms with E-state index in [2.05, 4.69) is 0 Å². The third-order valence-corrected chi connectivity index (χ3v) is 3.73. The summed E-state index contributed by atoms with van der Waals surface area (Å²) < 4.78 is 5.77. The van der Waals surface area contributed by atoms with Crippen LogP contribution in [0, 0.1) is 0 Å². The summed E-state index contributed by atoms with van der Waals surface area (Å²) in [6.45, 7) is 0.526. The topological polar surface area (TPSA) is 29.5 Å². The van der Waals surface area contributed by atoms with E-state index in [9.17, 15) is 5.11 Å². The maximum atomic E-state index is 9.75. The molecule has 1 N–H and O–H groups in total. The highest BCUT2D eigenvalue weighted by Gasteiger charge is 2.20. The summed E-state index contributed by atoms with van der Waals surface area (Å²) in [5, 5.41) is 10.5. The van der Waals surface area contributed by atoms with E-state index in [0.29, 0.717) is 6.61 Å². The van der Waals surface area contributed by atoms with Crippen LogP contribution in [0.25, 0.3) is 0 Å². The Bertz CT molecular complexity index is 578. The van der Waals surface area contributed by atoms with E-state index in [-0.39, 0.29) is 6.10 Å². The highest BCUT2D eigenvalue weighted by atomic mass is 35.5. The zero-order valence-corrected chi connectivity index (χ0v) is 11.2. The number of aryl methyl sites for hydroxylation is 1. The van der Waals surface area contributed by atoms with Crippen molar-refractivity contribution in [3.8, 4) is 5.75 Å². The second kappa shape index (κ2) is 5.24. The molecule has 0 saturated carbocycles. The number of aliphatic hydroxyl groups is 1. The Kier molecular flexibility index (Phi) is 3.45. The Balaban J connectivity index is 1.69. The van der Waals surface area contributed by atoms with Crippen LogP contribution in [0.5, 0.6) is 5.75 Å². The van der Waals surface area contributed by atoms with E-state index >= 15 is 0 Å². The number of benzene rings is 2. The fraction of sp³-hybridized carbons (Fsp3) is 0.250. The molecule has 19 heavy (non-hydrogen) atoms. The Hall–Kier alpha value is -1.51. The molecule has 0 aromatic heterocycles. The summed E-state index contributed by atoms with van der Waals surface area (Å²) in [6.07, 6.45) is 1.44. The van der Waals surface area contributed by atoms with Crippen molar-refractivity contribution >= 4 is 11.6 Å². The summed E-state index contributed by atoms with van der Waals surface area (Å²) in [7, 11) is 0. The number of rotatable bonds is 3. The predicted octanol–water partition coefficient (Wildman–Crippen LogP) is 3.90. The highest BCUT2D eigenvalue weighted by molar-refractivity contribution is 6.30. The second-order valence-corrected chi connectivity index (χ2v) is 5.27. The van der Waals surface area contributed by atoms with E-state index < -0.39 is 0 Å². The predicted molar refractivity (Wildman–Crippen MR) is 75.5 cm³/mol. The molecule has 0 spiro atoms. The zero-order chi connectivity index (χ0) is 13.2. The van der Waals surface area contributed by atoms with Crippen molar-refractivity contribution < 1.29 is 9.84 Å². The quantitative estimate of drug-likeness (QED) is 0.920. The summed E-state index contributed by atoms with van der Waals surface area (Å²) in [5.41, 5.74) is 3.32. The Morgan fingerprint density at radius 2 is 1.95 bits per heavy atom. The maximum Gasteiger partial charge on any atom is 0.120 e. The van der Waals surface area contributed by atoms with Gasteiger partial charge in [-0.25, -0.2) is 0 Å². The lowest BCUT2D eigenvalue weighted by Gasteiger charge is -2.09. The van der Waals surface area contributed by atoms with Gasteiger partial charge in [-0.3, -0.25) is 0 Å². The Labute approximate surface area is 117 Å². The number of fused-ring (bicyclic) bond motifs is 1. The van der Waals surface area contributed by atoms with Gasteiger partial charge >= 0.3 is 0 Å². The molecular weight excluding hydrogens is 260 g/mol. The van der Waals surface area contributed by atoms with Gasteiger partial charge in [0.25, 0.3) is 0 Å². The minimum absolute atomic E-state index is 0.305. The van der Waals surface area contributed by atoms with Gasteiger partial charge in [0.05, 0.1) is 6.10 Å². The SMILES string of the molecule is O[C@@H]1CCc2cc(OCc3ccc(Cl)cc3)ccc21. The lowest BCUT2D eigenvalue weighted by molar-refractivity contribution is 0.180. The van der Waals surface area contributed by atoms with Gasteiger partial charge in [-0.05, 0) is 53.8 Å². The lowest BCUT2D eigenvalue weighted by Crippen LogP contribution is -1.96. The van der Waals surface area contributed by atoms with Crippen LogP contribution in [-0.2, 0) is 13.0 Å². The van der Waals surface area contributed by atoms with Gasteiger partial charge in [-0.1, -0.05) is 29.8 Å². The maximum absolute atomic E-state index is 9.75. The first-order valence-corrected chi connectivity index (χ1v) is 6.78. The van der Waals surface area contributed by atoms with Gasteiger partial charge in [0.2, 0.25) is 0 Å². The molecule has 98 valence electrons. The third-order valence-electron chi connectivity index (χ3n) is 3.48. The van der Waals surface area contributed by atoms with E-state index in [0.717, 1.165) is 34.7 Å². The molecule has 0 bridgehead atoms. The van der Waals surface area contributed by atoms with Gasteiger partial charge in [0.1, 0.15) is 12.4 Å². The Morgan fingerprint density at radius 3 is 2.74 bits per heavy atom. The molecule has 0 saturated heterocycles. The van der Waals surface area contributed by atoms with Gasteiger partial charge in [-0.15, -0.1) is 0 Å². The van der Waals surface area contributed by atoms with Crippen molar-refractivity contribution in [2.75, 3.05) is 0 Å². The molecule has 0 radical (unpaired) electrons. The van der Waals surface area contributed by atoms with Gasteiger partial charge in [-0.2, -0.15) is 0 Å². The van der Waals surface area contributed by atoms with Gasteiger partial charge in [0, 0.05) is 5.02 Å². The summed E-state index contributed by atoms with van der Waals surface area (Å²) >= 11 is 5.84. The largest absolute Gasteiger partial charge is 0.489 e. The number of hydrogen-bond acceptors (Lipinski definition) is 2. The zero-order valence-electron chi connectivity index (χ0n) is 10.5. The first-order chi connectivity index (χ1) is 9.22. The molecule has 1 aliphatic carbocycles. The van der Waals surface area contributed by atoms with E-state index in [1.54, 1.807) is 0 Å². The molecule has 1 aliphatic rings. The third kappa shape index (κ3) is 2.75. The van der Waals surface area contributed by atoms with E-state index in [1.165, 1.54) is 5.56 Å². The normalized spacial score (nSPS) is 17.3. The minimum atomic E-state index is -0.305. The molecule has 1 atom stereocenters. The summed E-state index contributed by atoms with van der Waals surface area (Å²) in [5.74, 6) is 0.850. The molecule has 0 unspecified atom stereocenters. The van der Waals surface area contributed by atoms with Crippen LogP contribution in [0.3, 0.4) is 0 Å². The molecule has 2 aromatic rings. The molecule has 2 nitrogen and oxygen atoms in total. The van der Waals surface area contributed by atoms with Crippen LogP contribution in [0.1, 0.15) is 29.2 Å². The summed E-state index contributed by atoms with van der Waals surface area (Å²) in [6, 6.07) is 13.5. The van der Waals surface area contributed by atoms with Crippen LogP contribution < -0.4 is 4.74 Å². The number of ether oxygens (including phenoxy) is 1. The first-order valence-electron chi connectivity index (χ1n) is 6.40. The summed E-state index contributed by atoms with van der Waals surface area (Å²) in [4.78, 5) is 0. The fourth-order valence-corrected chi connectivity index (χ4v) is 2.53. The number of hydrogen-bond donors (Lipinski definition) is 1. The smallest absolute Gasteiger partial charge is 0.120 e. The van der Waals surface area contributed by atoms with Crippen LogP contribution in [-0.4, -0.2) is 5.11 Å². The van der Waals surface area contributed by atoms with Gasteiger partial charge in [0.15, 0.2) is 0 Å². The van der Waals surface area contributed by atoms with Crippen molar-refractivity contribution in [2.24, 2.45) is 0 Å². The molecular formula is C16H15ClO2. The Morgan fingerprint density at radius 1 is 1.16 bits per heavy atom. The standard InChI is InChI=1S/C16H15ClO2/c17-13-4-1-11(2-5-13)10-19-14-6-7-15-12(9-14)3-8-16(15)18/h1-2,4-7,9,16,18H,3,8,10H2/t16-/m1/s1. The van der Waals surface area contributed by atoms with Crippen LogP contribution in [0.15, 0.2) is 42.5 Å². The number of halogens is 1. The monoisotopic (exact) mass is 274 g/mol. The first kappa shape index (κ1) is 12.5. The van der Waals surface area contributed by atoms with E-state index in [1.807, 2.05) is 42.5 Å². The fourth-order valence-electron chi connectivity index (χ4n) is 2.41. The van der Waals surface area contributed by atoms with Crippen molar-refractivity contribution in [2.45, 2.75) is 25.6 Å². The van der Waals surface area contributed by atoms with Crippen molar-refractivity contribution in [1.82, 2.24) is 0 Å². The minimum Gasteiger partial charge on any atom is -0.489 e. The van der Waals surface area contributed by atoms with Gasteiger partial charge < -0.3 is 9.84 Å². The molecule has 3 heteroatoms. The molecule has 0 amide bonds. The second-order valence-electron chi connectivity index (χ2n) is 4.83. The molecule has 3 rings (SSSR count). The molecule has 0 aliphatic heterocycles. The average Bonchev–Trinajstić information content (AvgIpc) is 2.79. The van der Waals surface area contributed by atoms with Crippen LogP contribution in [0.4, 0.5) is 0 Å². The number of aliphatic hydroxyl groups excluding tert-OH is 1. The van der Waals surface area contributed by atoms with Crippen LogP contribution in [0.2, 0.25) is 5.02 Å². The van der Waals surface area contributed by atoms with E-state index in [4.69, 9.17) is 16.3 Å². The van der Waals surface area contributed by atoms with Crippen LogP contribution >= 0.6 is 11.6 Å². The highest BCUT2D eigenvalue weighted by Crippen LogP contribution is 2.33. The van der Waals surface area contributed by atoms with Crippen molar-refractivity contribution in [3.63, 3.8) is 0 Å². The molecule has 2 aromatic carbocycles. The van der Waals surface area contributed by atoms with Crippen molar-refractivity contribution in [3.05, 3.63) is 64.2 Å². The van der Waals surface area contributed by atoms with Crippen molar-refractivity contribution in [1.29, 1.82) is 0 Å². The molecule has 0 heterocycles. The lowest BCUT2D eigenvalue weighted by atomic mass is 10.1. The average molecular weight is 275 g/mol.